The van der Waals surface area contributed by atoms with Crippen LogP contribution in [0.1, 0.15) is 0 Å². The Morgan fingerprint density at radius 2 is 2.05 bits per heavy atom. The van der Waals surface area contributed by atoms with Crippen molar-refractivity contribution in [2.45, 2.75) is 0 Å². The summed E-state index contributed by atoms with van der Waals surface area (Å²) in [6, 6.07) is 8.79. The first-order valence-corrected chi connectivity index (χ1v) is 6.74. The molecule has 0 aliphatic rings. The maximum absolute atomic E-state index is 5.94. The monoisotopic (exact) mass is 347 g/mol. The van der Waals surface area contributed by atoms with Crippen molar-refractivity contribution in [3.8, 4) is 28.9 Å². The van der Waals surface area contributed by atoms with Gasteiger partial charge in [0.05, 0.1) is 12.7 Å². The van der Waals surface area contributed by atoms with Gasteiger partial charge in [0.2, 0.25) is 11.7 Å². The zero-order valence-corrected chi connectivity index (χ0v) is 12.5. The van der Waals surface area contributed by atoms with E-state index in [4.69, 9.17) is 15.0 Å². The molecule has 2 aromatic heterocycles. The minimum atomic E-state index is 0.326. The number of aromatic nitrogens is 4. The van der Waals surface area contributed by atoms with Gasteiger partial charge in [-0.15, -0.1) is 10.2 Å². The number of hydrogen-bond acceptors (Lipinski definition) is 7. The van der Waals surface area contributed by atoms with Gasteiger partial charge in [-0.25, -0.2) is 0 Å². The van der Waals surface area contributed by atoms with Gasteiger partial charge in [0.15, 0.2) is 0 Å². The van der Waals surface area contributed by atoms with Gasteiger partial charge < -0.3 is 15.0 Å². The molecule has 0 unspecified atom stereocenters. The number of ether oxygens (including phenoxy) is 1. The second-order valence-corrected chi connectivity index (χ2v) is 5.03. The number of nitrogens with two attached hydrogens (primary N) is 1. The molecule has 7 nitrogen and oxygen atoms in total. The molecule has 0 aliphatic carbocycles. The summed E-state index contributed by atoms with van der Waals surface area (Å²) in [5, 5.41) is 11.7. The van der Waals surface area contributed by atoms with E-state index in [9.17, 15) is 0 Å². The number of halogens is 1. The summed E-state index contributed by atoms with van der Waals surface area (Å²) in [6.07, 6.45) is 0. The second kappa shape index (κ2) is 5.49. The van der Waals surface area contributed by atoms with E-state index in [0.717, 1.165) is 4.47 Å². The van der Waals surface area contributed by atoms with Crippen LogP contribution in [0, 0.1) is 0 Å². The highest BCUT2D eigenvalue weighted by atomic mass is 79.9. The first-order chi connectivity index (χ1) is 10.2. The summed E-state index contributed by atoms with van der Waals surface area (Å²) >= 11 is 3.35. The van der Waals surface area contributed by atoms with Gasteiger partial charge >= 0.3 is 0 Å². The summed E-state index contributed by atoms with van der Waals surface area (Å²) in [4.78, 5) is 4.28. The van der Waals surface area contributed by atoms with Crippen molar-refractivity contribution in [1.29, 1.82) is 0 Å². The van der Waals surface area contributed by atoms with Gasteiger partial charge in [-0.3, -0.25) is 0 Å². The number of benzene rings is 1. The van der Waals surface area contributed by atoms with Crippen molar-refractivity contribution >= 4 is 21.6 Å². The molecule has 1 aromatic carbocycles. The third-order valence-corrected chi connectivity index (χ3v) is 3.24. The molecule has 2 heterocycles. The normalized spacial score (nSPS) is 10.6. The van der Waals surface area contributed by atoms with Gasteiger partial charge in [-0.2, -0.15) is 4.98 Å². The lowest BCUT2D eigenvalue weighted by atomic mass is 10.2. The number of rotatable bonds is 3. The molecule has 0 radical (unpaired) electrons. The van der Waals surface area contributed by atoms with E-state index in [1.807, 2.05) is 6.07 Å². The molecule has 0 saturated heterocycles. The van der Waals surface area contributed by atoms with Crippen molar-refractivity contribution in [3.63, 3.8) is 0 Å². The minimum absolute atomic E-state index is 0.326. The topological polar surface area (TPSA) is 100.0 Å². The second-order valence-electron chi connectivity index (χ2n) is 4.12. The first-order valence-electron chi connectivity index (χ1n) is 5.94. The quantitative estimate of drug-likeness (QED) is 0.726. The van der Waals surface area contributed by atoms with Gasteiger partial charge in [-0.1, -0.05) is 21.1 Å². The largest absolute Gasteiger partial charge is 0.480 e. The van der Waals surface area contributed by atoms with Crippen molar-refractivity contribution in [2.75, 3.05) is 12.8 Å². The number of anilines is 1. The minimum Gasteiger partial charge on any atom is -0.480 e. The number of nitrogens with zero attached hydrogens (tertiary/aromatic N) is 4. The van der Waals surface area contributed by atoms with Gasteiger partial charge in [0.25, 0.3) is 5.89 Å². The molecule has 8 heteroatoms. The molecule has 0 saturated carbocycles. The summed E-state index contributed by atoms with van der Waals surface area (Å²) in [5.41, 5.74) is 7.63. The van der Waals surface area contributed by atoms with E-state index in [1.165, 1.54) is 7.11 Å². The van der Waals surface area contributed by atoms with Crippen LogP contribution in [0.3, 0.4) is 0 Å². The number of hydrogen-bond donors (Lipinski definition) is 1. The molecule has 0 fully saturated rings. The Kier molecular flexibility index (Phi) is 3.53. The Morgan fingerprint density at radius 1 is 1.19 bits per heavy atom. The molecule has 0 atom stereocenters. The van der Waals surface area contributed by atoms with Crippen LogP contribution < -0.4 is 10.5 Å². The summed E-state index contributed by atoms with van der Waals surface area (Å²) in [5.74, 6) is 1.08. The van der Waals surface area contributed by atoms with E-state index >= 15 is 0 Å². The summed E-state index contributed by atoms with van der Waals surface area (Å²) in [6.45, 7) is 0. The lowest BCUT2D eigenvalue weighted by molar-refractivity contribution is 0.392. The SMILES string of the molecule is COc1ccc(-c2noc(-c3ccc(Br)cc3N)n2)nn1. The maximum Gasteiger partial charge on any atom is 0.260 e. The predicted molar refractivity (Wildman–Crippen MR) is 79.4 cm³/mol. The van der Waals surface area contributed by atoms with Crippen molar-refractivity contribution < 1.29 is 9.26 Å². The molecule has 2 N–H and O–H groups in total. The van der Waals surface area contributed by atoms with Crippen molar-refractivity contribution in [3.05, 3.63) is 34.8 Å². The van der Waals surface area contributed by atoms with E-state index in [1.54, 1.807) is 24.3 Å². The van der Waals surface area contributed by atoms with Crippen LogP contribution in [-0.2, 0) is 0 Å². The highest BCUT2D eigenvalue weighted by Gasteiger charge is 2.14. The average Bonchev–Trinajstić information content (AvgIpc) is 2.97. The van der Waals surface area contributed by atoms with E-state index < -0.39 is 0 Å². The standard InChI is InChI=1S/C13H10BrN5O2/c1-20-11-5-4-10(17-18-11)12-16-13(21-19-12)8-3-2-7(14)6-9(8)15/h2-6H,15H2,1H3. The molecule has 3 aromatic rings. The van der Waals surface area contributed by atoms with Crippen LogP contribution in [0.25, 0.3) is 23.0 Å². The van der Waals surface area contributed by atoms with Crippen LogP contribution in [0.4, 0.5) is 5.69 Å². The highest BCUT2D eigenvalue weighted by molar-refractivity contribution is 9.10. The molecule has 0 amide bonds. The van der Waals surface area contributed by atoms with E-state index in [2.05, 4.69) is 36.3 Å². The first kappa shape index (κ1) is 13.5. The molecule has 0 spiro atoms. The van der Waals surface area contributed by atoms with Crippen LogP contribution >= 0.6 is 15.9 Å². The van der Waals surface area contributed by atoms with Crippen molar-refractivity contribution in [1.82, 2.24) is 20.3 Å². The number of nitrogen functional groups attached to an aromatic ring is 1. The predicted octanol–water partition coefficient (Wildman–Crippen LogP) is 2.55. The lowest BCUT2D eigenvalue weighted by Gasteiger charge is -2.00. The Labute approximate surface area is 128 Å². The Bertz CT molecular complexity index is 772. The maximum atomic E-state index is 5.94. The third-order valence-electron chi connectivity index (χ3n) is 2.75. The Balaban J connectivity index is 1.95. The van der Waals surface area contributed by atoms with Crippen LogP contribution in [0.15, 0.2) is 39.3 Å². The van der Waals surface area contributed by atoms with E-state index in [0.29, 0.717) is 34.5 Å². The molecule has 21 heavy (non-hydrogen) atoms. The van der Waals surface area contributed by atoms with Gasteiger partial charge in [0.1, 0.15) is 5.69 Å². The fourth-order valence-electron chi connectivity index (χ4n) is 1.71. The average molecular weight is 348 g/mol. The van der Waals surface area contributed by atoms with Gasteiger partial charge in [0, 0.05) is 16.2 Å². The lowest BCUT2D eigenvalue weighted by Crippen LogP contribution is -1.93. The van der Waals surface area contributed by atoms with Crippen LogP contribution in [0.5, 0.6) is 5.88 Å². The molecule has 0 bridgehead atoms. The zero-order valence-electron chi connectivity index (χ0n) is 10.9. The molecular weight excluding hydrogens is 338 g/mol. The fraction of sp³-hybridized carbons (Fsp3) is 0.0769. The van der Waals surface area contributed by atoms with Gasteiger partial charge in [-0.05, 0) is 24.3 Å². The number of methoxy groups -OCH3 is 1. The smallest absolute Gasteiger partial charge is 0.260 e. The molecular formula is C13H10BrN5O2. The Hall–Kier alpha value is -2.48. The van der Waals surface area contributed by atoms with Crippen molar-refractivity contribution in [2.24, 2.45) is 0 Å². The fourth-order valence-corrected chi connectivity index (χ4v) is 2.09. The summed E-state index contributed by atoms with van der Waals surface area (Å²) < 4.78 is 11.1. The highest BCUT2D eigenvalue weighted by Crippen LogP contribution is 2.28. The Morgan fingerprint density at radius 3 is 2.71 bits per heavy atom. The summed E-state index contributed by atoms with van der Waals surface area (Å²) in [7, 11) is 1.52. The van der Waals surface area contributed by atoms with E-state index in [-0.39, 0.29) is 0 Å². The third kappa shape index (κ3) is 2.70. The van der Waals surface area contributed by atoms with Crippen LogP contribution in [0.2, 0.25) is 0 Å². The zero-order chi connectivity index (χ0) is 14.8. The molecule has 3 rings (SSSR count). The molecule has 106 valence electrons. The van der Waals surface area contributed by atoms with Crippen LogP contribution in [-0.4, -0.2) is 27.4 Å². The molecule has 0 aliphatic heterocycles.